The maximum absolute atomic E-state index is 13.8. The summed E-state index contributed by atoms with van der Waals surface area (Å²) >= 11 is 0. The third-order valence-electron chi connectivity index (χ3n) is 5.16. The van der Waals surface area contributed by atoms with E-state index >= 15 is 0 Å². The molecule has 5 nitrogen and oxygen atoms in total. The highest BCUT2D eigenvalue weighted by atomic mass is 32.2. The van der Waals surface area contributed by atoms with Gasteiger partial charge in [-0.25, -0.2) is 12.8 Å². The van der Waals surface area contributed by atoms with Gasteiger partial charge in [0.25, 0.3) is 5.91 Å². The van der Waals surface area contributed by atoms with Gasteiger partial charge in [-0.05, 0) is 50.1 Å². The van der Waals surface area contributed by atoms with Crippen LogP contribution < -0.4 is 0 Å². The first-order chi connectivity index (χ1) is 13.3. The highest BCUT2D eigenvalue weighted by Crippen LogP contribution is 2.25. The number of benzene rings is 2. The van der Waals surface area contributed by atoms with Crippen molar-refractivity contribution in [3.8, 4) is 0 Å². The largest absolute Gasteiger partial charge is 0.337 e. The van der Waals surface area contributed by atoms with Crippen LogP contribution >= 0.6 is 0 Å². The summed E-state index contributed by atoms with van der Waals surface area (Å²) in [5, 5.41) is 0. The Morgan fingerprint density at radius 1 is 1.14 bits per heavy atom. The van der Waals surface area contributed by atoms with Crippen LogP contribution in [0.5, 0.6) is 0 Å². The van der Waals surface area contributed by atoms with E-state index in [9.17, 15) is 17.6 Å². The molecular weight excluding hydrogens is 379 g/mol. The maximum Gasteiger partial charge on any atom is 0.253 e. The number of carbonyl (C=O) groups is 1. The molecule has 0 N–H and O–H groups in total. The summed E-state index contributed by atoms with van der Waals surface area (Å²) in [4.78, 5) is 14.2. The third kappa shape index (κ3) is 4.25. The summed E-state index contributed by atoms with van der Waals surface area (Å²) in [7, 11) is -1.98. The van der Waals surface area contributed by atoms with E-state index in [-0.39, 0.29) is 29.2 Å². The second kappa shape index (κ2) is 8.41. The van der Waals surface area contributed by atoms with Crippen LogP contribution in [0.1, 0.15) is 42.1 Å². The van der Waals surface area contributed by atoms with Gasteiger partial charge in [0, 0.05) is 37.3 Å². The van der Waals surface area contributed by atoms with Crippen LogP contribution in [0.3, 0.4) is 0 Å². The molecule has 1 atom stereocenters. The quantitative estimate of drug-likeness (QED) is 0.764. The van der Waals surface area contributed by atoms with Crippen LogP contribution in [0.15, 0.2) is 53.4 Å². The summed E-state index contributed by atoms with van der Waals surface area (Å²) < 4.78 is 41.1. The van der Waals surface area contributed by atoms with E-state index in [1.165, 1.54) is 39.5 Å². The van der Waals surface area contributed by atoms with E-state index in [1.54, 1.807) is 25.2 Å². The molecular formula is C21H25FN2O3S. The lowest BCUT2D eigenvalue weighted by Gasteiger charge is -2.32. The predicted octanol–water partition coefficient (Wildman–Crippen LogP) is 3.66. The minimum absolute atomic E-state index is 0.0213. The smallest absolute Gasteiger partial charge is 0.253 e. The Balaban J connectivity index is 1.74. The Morgan fingerprint density at radius 2 is 1.82 bits per heavy atom. The lowest BCUT2D eigenvalue weighted by Crippen LogP contribution is -2.41. The van der Waals surface area contributed by atoms with Crippen molar-refractivity contribution in [3.63, 3.8) is 0 Å². The summed E-state index contributed by atoms with van der Waals surface area (Å²) in [6.07, 6.45) is 2.76. The topological polar surface area (TPSA) is 57.7 Å². The number of hydrogen-bond acceptors (Lipinski definition) is 3. The second-order valence-corrected chi connectivity index (χ2v) is 9.13. The molecule has 7 heteroatoms. The Hall–Kier alpha value is -2.25. The van der Waals surface area contributed by atoms with Crippen molar-refractivity contribution in [2.45, 2.75) is 43.7 Å². The van der Waals surface area contributed by atoms with Gasteiger partial charge < -0.3 is 4.90 Å². The Bertz CT molecular complexity index is 944. The zero-order chi connectivity index (χ0) is 20.3. The van der Waals surface area contributed by atoms with Crippen LogP contribution in [0.4, 0.5) is 4.39 Å². The van der Waals surface area contributed by atoms with Gasteiger partial charge in [-0.15, -0.1) is 0 Å². The van der Waals surface area contributed by atoms with Crippen molar-refractivity contribution < 1.29 is 17.6 Å². The Morgan fingerprint density at radius 3 is 2.46 bits per heavy atom. The van der Waals surface area contributed by atoms with Crippen molar-refractivity contribution >= 4 is 15.9 Å². The van der Waals surface area contributed by atoms with Crippen molar-refractivity contribution in [3.05, 3.63) is 65.5 Å². The molecule has 0 aliphatic carbocycles. The first-order valence-electron chi connectivity index (χ1n) is 9.41. The lowest BCUT2D eigenvalue weighted by molar-refractivity contribution is 0.0783. The van der Waals surface area contributed by atoms with Gasteiger partial charge >= 0.3 is 0 Å². The van der Waals surface area contributed by atoms with Gasteiger partial charge in [-0.1, -0.05) is 24.6 Å². The zero-order valence-electron chi connectivity index (χ0n) is 16.1. The van der Waals surface area contributed by atoms with Crippen LogP contribution in [0.2, 0.25) is 0 Å². The molecule has 1 aliphatic heterocycles. The molecule has 1 amide bonds. The van der Waals surface area contributed by atoms with Gasteiger partial charge in [-0.2, -0.15) is 4.31 Å². The van der Waals surface area contributed by atoms with Crippen LogP contribution in [-0.4, -0.2) is 43.2 Å². The first-order valence-corrected chi connectivity index (χ1v) is 10.9. The minimum atomic E-state index is -3.57. The van der Waals surface area contributed by atoms with Gasteiger partial charge in [0.2, 0.25) is 10.0 Å². The zero-order valence-corrected chi connectivity index (χ0v) is 17.0. The number of sulfonamides is 1. The SMILES string of the molecule is C[C@@H]1CCCCN1S(=O)(=O)c1ccc(C(=O)N(C)Cc2ccccc2F)cc1. The molecule has 3 rings (SSSR count). The molecule has 2 aromatic carbocycles. The summed E-state index contributed by atoms with van der Waals surface area (Å²) in [6, 6.07) is 12.3. The second-order valence-electron chi connectivity index (χ2n) is 7.24. The number of amides is 1. The fraction of sp³-hybridized carbons (Fsp3) is 0.381. The van der Waals surface area contributed by atoms with Gasteiger partial charge in [0.1, 0.15) is 5.82 Å². The highest BCUT2D eigenvalue weighted by molar-refractivity contribution is 7.89. The van der Waals surface area contributed by atoms with Crippen LogP contribution in [0, 0.1) is 5.82 Å². The standard InChI is InChI=1S/C21H25FN2O3S/c1-16-7-5-6-14-24(16)28(26,27)19-12-10-17(11-13-19)21(25)23(2)15-18-8-3-4-9-20(18)22/h3-4,8-13,16H,5-7,14-15H2,1-2H3/t16-/m1/s1. The number of rotatable bonds is 5. The fourth-order valence-corrected chi connectivity index (χ4v) is 5.21. The Labute approximate surface area is 165 Å². The molecule has 1 heterocycles. The molecule has 0 aromatic heterocycles. The highest BCUT2D eigenvalue weighted by Gasteiger charge is 2.31. The van der Waals surface area contributed by atoms with Crippen molar-refractivity contribution in [2.24, 2.45) is 0 Å². The summed E-state index contributed by atoms with van der Waals surface area (Å²) in [5.41, 5.74) is 0.793. The number of nitrogens with zero attached hydrogens (tertiary/aromatic N) is 2. The lowest BCUT2D eigenvalue weighted by atomic mass is 10.1. The number of hydrogen-bond donors (Lipinski definition) is 0. The summed E-state index contributed by atoms with van der Waals surface area (Å²) in [6.45, 7) is 2.58. The number of piperidine rings is 1. The molecule has 1 saturated heterocycles. The average Bonchev–Trinajstić information content (AvgIpc) is 2.69. The van der Waals surface area contributed by atoms with E-state index in [2.05, 4.69) is 0 Å². The normalized spacial score (nSPS) is 18.0. The molecule has 2 aromatic rings. The van der Waals surface area contributed by atoms with Gasteiger partial charge in [0.05, 0.1) is 4.90 Å². The summed E-state index contributed by atoms with van der Waals surface area (Å²) in [5.74, 6) is -0.655. The molecule has 1 fully saturated rings. The van der Waals surface area contributed by atoms with Crippen LogP contribution in [0.25, 0.3) is 0 Å². The molecule has 0 radical (unpaired) electrons. The van der Waals surface area contributed by atoms with Crippen molar-refractivity contribution in [1.82, 2.24) is 9.21 Å². The molecule has 0 bridgehead atoms. The van der Waals surface area contributed by atoms with Gasteiger partial charge in [0.15, 0.2) is 0 Å². The molecule has 0 spiro atoms. The van der Waals surface area contributed by atoms with E-state index in [0.29, 0.717) is 17.7 Å². The van der Waals surface area contributed by atoms with Crippen LogP contribution in [-0.2, 0) is 16.6 Å². The van der Waals surface area contributed by atoms with E-state index in [0.717, 1.165) is 19.3 Å². The van der Waals surface area contributed by atoms with E-state index < -0.39 is 10.0 Å². The van der Waals surface area contributed by atoms with Crippen molar-refractivity contribution in [2.75, 3.05) is 13.6 Å². The van der Waals surface area contributed by atoms with Crippen molar-refractivity contribution in [1.29, 1.82) is 0 Å². The molecule has 0 unspecified atom stereocenters. The maximum atomic E-state index is 13.8. The monoisotopic (exact) mass is 404 g/mol. The fourth-order valence-electron chi connectivity index (χ4n) is 3.51. The Kier molecular flexibility index (Phi) is 6.15. The van der Waals surface area contributed by atoms with Gasteiger partial charge in [-0.3, -0.25) is 4.79 Å². The average molecular weight is 405 g/mol. The predicted molar refractivity (Wildman–Crippen MR) is 106 cm³/mol. The van der Waals surface area contributed by atoms with E-state index in [4.69, 9.17) is 0 Å². The number of halogens is 1. The molecule has 28 heavy (non-hydrogen) atoms. The minimum Gasteiger partial charge on any atom is -0.337 e. The molecule has 1 aliphatic rings. The molecule has 150 valence electrons. The van der Waals surface area contributed by atoms with E-state index in [1.807, 2.05) is 6.92 Å². The third-order valence-corrected chi connectivity index (χ3v) is 7.19. The number of carbonyl (C=O) groups excluding carboxylic acids is 1. The molecule has 0 saturated carbocycles. The first kappa shape index (κ1) is 20.5.